The summed E-state index contributed by atoms with van der Waals surface area (Å²) in [6, 6.07) is 5.80. The molecule has 1 atom stereocenters. The summed E-state index contributed by atoms with van der Waals surface area (Å²) in [4.78, 5) is 18.4. The first kappa shape index (κ1) is 16.4. The number of nitrogens with zero attached hydrogens (tertiary/aromatic N) is 2. The Kier molecular flexibility index (Phi) is 5.10. The normalized spacial score (nSPS) is 17.8. The molecule has 0 saturated carbocycles. The molecule has 1 saturated heterocycles. The van der Waals surface area contributed by atoms with Gasteiger partial charge in [-0.25, -0.2) is 9.37 Å². The number of likely N-dealkylation sites (tertiary alicyclic amines) is 1. The van der Waals surface area contributed by atoms with Gasteiger partial charge in [-0.05, 0) is 38.1 Å². The average Bonchev–Trinajstić information content (AvgIpc) is 3.20. The van der Waals surface area contributed by atoms with Crippen molar-refractivity contribution in [2.75, 3.05) is 26.7 Å². The minimum Gasteiger partial charge on any atom is -0.484 e. The molecule has 2 aromatic rings. The molecule has 24 heavy (non-hydrogen) atoms. The van der Waals surface area contributed by atoms with Gasteiger partial charge in [0.1, 0.15) is 17.8 Å². The smallest absolute Gasteiger partial charge is 0.273 e. The van der Waals surface area contributed by atoms with Crippen molar-refractivity contribution in [2.45, 2.75) is 13.0 Å². The Morgan fingerprint density at radius 3 is 3.17 bits per heavy atom. The number of benzene rings is 1. The van der Waals surface area contributed by atoms with E-state index in [1.165, 1.54) is 18.4 Å². The van der Waals surface area contributed by atoms with E-state index in [1.54, 1.807) is 12.1 Å². The molecule has 1 aromatic carbocycles. The molecule has 0 radical (unpaired) electrons. The second-order valence-electron chi connectivity index (χ2n) is 6.00. The third-order valence-corrected chi connectivity index (χ3v) is 3.98. The maximum atomic E-state index is 13.1. The lowest BCUT2D eigenvalue weighted by atomic mass is 10.1. The molecule has 0 unspecified atom stereocenters. The first-order valence-corrected chi connectivity index (χ1v) is 7.89. The third-order valence-electron chi connectivity index (χ3n) is 3.98. The predicted molar refractivity (Wildman–Crippen MR) is 85.2 cm³/mol. The van der Waals surface area contributed by atoms with Crippen molar-refractivity contribution in [1.82, 2.24) is 15.2 Å². The van der Waals surface area contributed by atoms with Crippen LogP contribution in [0.25, 0.3) is 0 Å². The van der Waals surface area contributed by atoms with Crippen LogP contribution < -0.4 is 10.1 Å². The summed E-state index contributed by atoms with van der Waals surface area (Å²) >= 11 is 0. The van der Waals surface area contributed by atoms with Gasteiger partial charge in [0.2, 0.25) is 5.89 Å². The zero-order valence-corrected chi connectivity index (χ0v) is 13.5. The number of ether oxygens (including phenoxy) is 1. The fourth-order valence-electron chi connectivity index (χ4n) is 2.70. The van der Waals surface area contributed by atoms with E-state index in [4.69, 9.17) is 9.15 Å². The summed E-state index contributed by atoms with van der Waals surface area (Å²) in [6.45, 7) is 2.72. The van der Waals surface area contributed by atoms with Gasteiger partial charge in [-0.2, -0.15) is 0 Å². The Labute approximate surface area is 139 Å². The zero-order chi connectivity index (χ0) is 16.9. The molecule has 0 spiro atoms. The zero-order valence-electron chi connectivity index (χ0n) is 13.5. The molecular weight excluding hydrogens is 313 g/mol. The van der Waals surface area contributed by atoms with Crippen LogP contribution in [0.1, 0.15) is 22.8 Å². The second-order valence-corrected chi connectivity index (χ2v) is 6.00. The molecule has 1 aliphatic rings. The second kappa shape index (κ2) is 7.44. The maximum absolute atomic E-state index is 13.1. The van der Waals surface area contributed by atoms with Gasteiger partial charge in [0, 0.05) is 19.2 Å². The Morgan fingerprint density at radius 1 is 1.54 bits per heavy atom. The number of carbonyl (C=O) groups excluding carboxylic acids is 1. The van der Waals surface area contributed by atoms with Crippen LogP contribution in [0, 0.1) is 11.7 Å². The number of aromatic nitrogens is 1. The van der Waals surface area contributed by atoms with E-state index in [0.29, 0.717) is 18.2 Å². The van der Waals surface area contributed by atoms with E-state index in [0.717, 1.165) is 19.5 Å². The summed E-state index contributed by atoms with van der Waals surface area (Å²) in [5.74, 6) is 0.485. The van der Waals surface area contributed by atoms with Gasteiger partial charge in [0.15, 0.2) is 12.3 Å². The van der Waals surface area contributed by atoms with E-state index in [1.807, 2.05) is 0 Å². The van der Waals surface area contributed by atoms with Crippen molar-refractivity contribution in [3.8, 4) is 5.75 Å². The number of rotatable bonds is 6. The summed E-state index contributed by atoms with van der Waals surface area (Å²) in [7, 11) is 2.07. The van der Waals surface area contributed by atoms with Crippen molar-refractivity contribution in [1.29, 1.82) is 0 Å². The highest BCUT2D eigenvalue weighted by atomic mass is 19.1. The van der Waals surface area contributed by atoms with Crippen LogP contribution in [0.4, 0.5) is 4.39 Å². The van der Waals surface area contributed by atoms with E-state index in [9.17, 15) is 9.18 Å². The van der Waals surface area contributed by atoms with Crippen molar-refractivity contribution < 1.29 is 18.3 Å². The standard InChI is InChI=1S/C17H20FN3O3/c1-21-6-5-12(9-21)8-19-17(22)15-10-24-16(20-15)11-23-14-4-2-3-13(18)7-14/h2-4,7,10,12H,5-6,8-9,11H2,1H3,(H,19,22)/t12-/m0/s1. The molecule has 7 heteroatoms. The lowest BCUT2D eigenvalue weighted by Gasteiger charge is -2.10. The molecule has 0 bridgehead atoms. The SMILES string of the molecule is CN1CC[C@@H](CNC(=O)c2coc(COc3cccc(F)c3)n2)C1. The van der Waals surface area contributed by atoms with E-state index >= 15 is 0 Å². The van der Waals surface area contributed by atoms with Crippen LogP contribution in [0.3, 0.4) is 0 Å². The highest BCUT2D eigenvalue weighted by Crippen LogP contribution is 2.15. The molecular formula is C17H20FN3O3. The highest BCUT2D eigenvalue weighted by molar-refractivity contribution is 5.91. The Balaban J connectivity index is 1.48. The fraction of sp³-hybridized carbons (Fsp3) is 0.412. The van der Waals surface area contributed by atoms with Gasteiger partial charge < -0.3 is 19.4 Å². The summed E-state index contributed by atoms with van der Waals surface area (Å²) in [6.07, 6.45) is 2.39. The summed E-state index contributed by atoms with van der Waals surface area (Å²) < 4.78 is 23.7. The topological polar surface area (TPSA) is 67.6 Å². The molecule has 1 aliphatic heterocycles. The minimum atomic E-state index is -0.377. The lowest BCUT2D eigenvalue weighted by molar-refractivity contribution is 0.0942. The molecule has 2 heterocycles. The number of oxazole rings is 1. The monoisotopic (exact) mass is 333 g/mol. The molecule has 1 fully saturated rings. The fourth-order valence-corrected chi connectivity index (χ4v) is 2.70. The van der Waals surface area contributed by atoms with Crippen LogP contribution in [0.2, 0.25) is 0 Å². The van der Waals surface area contributed by atoms with Gasteiger partial charge in [-0.15, -0.1) is 0 Å². The van der Waals surface area contributed by atoms with E-state index < -0.39 is 0 Å². The van der Waals surface area contributed by atoms with Crippen LogP contribution >= 0.6 is 0 Å². The molecule has 128 valence electrons. The predicted octanol–water partition coefficient (Wildman–Crippen LogP) is 2.07. The molecule has 6 nitrogen and oxygen atoms in total. The van der Waals surface area contributed by atoms with E-state index in [-0.39, 0.29) is 29.9 Å². The van der Waals surface area contributed by atoms with Gasteiger partial charge in [-0.1, -0.05) is 6.07 Å². The molecule has 3 rings (SSSR count). The first-order chi connectivity index (χ1) is 11.6. The van der Waals surface area contributed by atoms with Crippen molar-refractivity contribution in [3.05, 3.63) is 47.9 Å². The van der Waals surface area contributed by atoms with Crippen LogP contribution in [-0.2, 0) is 6.61 Å². The van der Waals surface area contributed by atoms with Crippen LogP contribution in [0.5, 0.6) is 5.75 Å². The third kappa shape index (κ3) is 4.32. The minimum absolute atomic E-state index is 0.0319. The first-order valence-electron chi connectivity index (χ1n) is 7.89. The van der Waals surface area contributed by atoms with Gasteiger partial charge in [0.05, 0.1) is 0 Å². The molecule has 1 amide bonds. The Morgan fingerprint density at radius 2 is 2.42 bits per heavy atom. The highest BCUT2D eigenvalue weighted by Gasteiger charge is 2.21. The number of amides is 1. The molecule has 1 N–H and O–H groups in total. The summed E-state index contributed by atoms with van der Waals surface area (Å²) in [5.41, 5.74) is 0.221. The quantitative estimate of drug-likeness (QED) is 0.876. The molecule has 1 aromatic heterocycles. The van der Waals surface area contributed by atoms with Crippen molar-refractivity contribution in [2.24, 2.45) is 5.92 Å². The van der Waals surface area contributed by atoms with E-state index in [2.05, 4.69) is 22.2 Å². The number of hydrogen-bond donors (Lipinski definition) is 1. The molecule has 0 aliphatic carbocycles. The van der Waals surface area contributed by atoms with Crippen molar-refractivity contribution >= 4 is 5.91 Å². The average molecular weight is 333 g/mol. The van der Waals surface area contributed by atoms with Crippen molar-refractivity contribution in [3.63, 3.8) is 0 Å². The van der Waals surface area contributed by atoms with Crippen LogP contribution in [-0.4, -0.2) is 42.5 Å². The maximum Gasteiger partial charge on any atom is 0.273 e. The largest absolute Gasteiger partial charge is 0.484 e. The van der Waals surface area contributed by atoms with Gasteiger partial charge in [0.25, 0.3) is 5.91 Å². The van der Waals surface area contributed by atoms with Gasteiger partial charge >= 0.3 is 0 Å². The number of nitrogens with one attached hydrogen (secondary N) is 1. The van der Waals surface area contributed by atoms with Crippen LogP contribution in [0.15, 0.2) is 34.9 Å². The summed E-state index contributed by atoms with van der Waals surface area (Å²) in [5, 5.41) is 2.88. The van der Waals surface area contributed by atoms with Gasteiger partial charge in [-0.3, -0.25) is 4.79 Å². The Hall–Kier alpha value is -2.41. The number of hydrogen-bond acceptors (Lipinski definition) is 5. The number of halogens is 1. The Bertz CT molecular complexity index is 704. The lowest BCUT2D eigenvalue weighted by Crippen LogP contribution is -2.30. The number of carbonyl (C=O) groups is 1.